The van der Waals surface area contributed by atoms with E-state index >= 15 is 0 Å². The molecule has 1 aliphatic carbocycles. The summed E-state index contributed by atoms with van der Waals surface area (Å²) in [6.07, 6.45) is 1.09. The van der Waals surface area contributed by atoms with Gasteiger partial charge in [-0.05, 0) is 49.9 Å². The Morgan fingerprint density at radius 2 is 1.94 bits per heavy atom. The summed E-state index contributed by atoms with van der Waals surface area (Å²) in [5.74, 6) is -3.53. The third-order valence-corrected chi connectivity index (χ3v) is 5.65. The molecule has 1 N–H and O–H groups in total. The van der Waals surface area contributed by atoms with Crippen molar-refractivity contribution in [3.63, 3.8) is 0 Å². The zero-order valence-electron chi connectivity index (χ0n) is 17.1. The van der Waals surface area contributed by atoms with Crippen molar-refractivity contribution in [2.45, 2.75) is 38.5 Å². The molecular formula is C20H22F2N4O4S. The van der Waals surface area contributed by atoms with Gasteiger partial charge in [-0.3, -0.25) is 9.69 Å². The number of nitrogens with one attached hydrogen (secondary N) is 1. The fourth-order valence-electron chi connectivity index (χ4n) is 3.48. The molecule has 0 atom stereocenters. The Morgan fingerprint density at radius 1 is 1.32 bits per heavy atom. The van der Waals surface area contributed by atoms with Crippen molar-refractivity contribution < 1.29 is 26.4 Å². The van der Waals surface area contributed by atoms with E-state index in [1.165, 1.54) is 6.92 Å². The molecule has 1 amide bonds. The molecule has 0 spiro atoms. The number of aromatic nitrogens is 1. The van der Waals surface area contributed by atoms with Crippen molar-refractivity contribution >= 4 is 27.6 Å². The molecule has 31 heavy (non-hydrogen) atoms. The van der Waals surface area contributed by atoms with E-state index in [1.807, 2.05) is 10.8 Å². The molecule has 1 aromatic carbocycles. The zero-order chi connectivity index (χ0) is 22.8. The van der Waals surface area contributed by atoms with E-state index in [-0.39, 0.29) is 36.2 Å². The van der Waals surface area contributed by atoms with E-state index < -0.39 is 21.9 Å². The topological polar surface area (TPSA) is 116 Å². The van der Waals surface area contributed by atoms with Gasteiger partial charge >= 0.3 is 6.01 Å². The van der Waals surface area contributed by atoms with Crippen LogP contribution < -0.4 is 9.62 Å². The molecule has 0 aliphatic heterocycles. The summed E-state index contributed by atoms with van der Waals surface area (Å²) in [5, 5.41) is 9.03. The SMILES string of the molecule is Cc1oc(N(CC2CCC(F)(F)CC2)c2ccc(C#N)cc2)nc1C(=O)NS(C)(=O)=O. The van der Waals surface area contributed by atoms with E-state index in [1.54, 1.807) is 29.2 Å². The number of aryl methyl sites for hydroxylation is 1. The van der Waals surface area contributed by atoms with Crippen LogP contribution in [0.15, 0.2) is 28.7 Å². The summed E-state index contributed by atoms with van der Waals surface area (Å²) in [7, 11) is -3.79. The predicted octanol–water partition coefficient (Wildman–Crippen LogP) is 3.51. The first kappa shape index (κ1) is 22.7. The Bertz CT molecular complexity index is 1100. The molecule has 0 bridgehead atoms. The molecule has 1 saturated carbocycles. The Balaban J connectivity index is 1.92. The van der Waals surface area contributed by atoms with Crippen LogP contribution in [0.1, 0.15) is 47.5 Å². The van der Waals surface area contributed by atoms with E-state index in [0.717, 1.165) is 6.26 Å². The highest BCUT2D eigenvalue weighted by atomic mass is 32.2. The van der Waals surface area contributed by atoms with Crippen LogP contribution in [0.2, 0.25) is 0 Å². The van der Waals surface area contributed by atoms with Gasteiger partial charge in [-0.2, -0.15) is 10.2 Å². The number of hydrogen-bond donors (Lipinski definition) is 1. The minimum atomic E-state index is -3.79. The summed E-state index contributed by atoms with van der Waals surface area (Å²) in [5.41, 5.74) is 0.861. The van der Waals surface area contributed by atoms with Crippen LogP contribution in [-0.2, 0) is 10.0 Å². The lowest BCUT2D eigenvalue weighted by atomic mass is 9.86. The second kappa shape index (κ2) is 8.63. The van der Waals surface area contributed by atoms with Gasteiger partial charge in [-0.15, -0.1) is 0 Å². The summed E-state index contributed by atoms with van der Waals surface area (Å²) >= 11 is 0. The monoisotopic (exact) mass is 452 g/mol. The van der Waals surface area contributed by atoms with Crippen LogP contribution in [0.3, 0.4) is 0 Å². The van der Waals surface area contributed by atoms with Crippen molar-refractivity contribution in [1.82, 2.24) is 9.71 Å². The third-order valence-electron chi connectivity index (χ3n) is 5.09. The van der Waals surface area contributed by atoms with E-state index in [9.17, 15) is 22.0 Å². The normalized spacial score (nSPS) is 16.5. The number of carbonyl (C=O) groups excluding carboxylic acids is 1. The van der Waals surface area contributed by atoms with Gasteiger partial charge in [0.15, 0.2) is 5.69 Å². The highest BCUT2D eigenvalue weighted by molar-refractivity contribution is 7.89. The average Bonchev–Trinajstić information content (AvgIpc) is 3.07. The Labute approximate surface area is 178 Å². The fourth-order valence-corrected chi connectivity index (χ4v) is 3.91. The van der Waals surface area contributed by atoms with Gasteiger partial charge in [0.1, 0.15) is 5.76 Å². The molecule has 1 aromatic heterocycles. The number of hydrogen-bond acceptors (Lipinski definition) is 7. The van der Waals surface area contributed by atoms with Gasteiger partial charge < -0.3 is 4.42 Å². The second-order valence-corrected chi connectivity index (χ2v) is 9.42. The summed E-state index contributed by atoms with van der Waals surface area (Å²) < 4.78 is 57.4. The Hall–Kier alpha value is -3.00. The van der Waals surface area contributed by atoms with Crippen LogP contribution >= 0.6 is 0 Å². The molecule has 0 saturated heterocycles. The second-order valence-electron chi connectivity index (χ2n) is 7.67. The maximum atomic E-state index is 13.6. The lowest BCUT2D eigenvalue weighted by molar-refractivity contribution is -0.0447. The molecule has 8 nitrogen and oxygen atoms in total. The molecule has 0 radical (unpaired) electrons. The fraction of sp³-hybridized carbons (Fsp3) is 0.450. The van der Waals surface area contributed by atoms with Gasteiger partial charge in [0, 0.05) is 25.1 Å². The van der Waals surface area contributed by atoms with Crippen LogP contribution in [0.25, 0.3) is 0 Å². The number of benzene rings is 1. The molecule has 2 aromatic rings. The molecular weight excluding hydrogens is 430 g/mol. The molecule has 166 valence electrons. The molecule has 1 aliphatic rings. The minimum Gasteiger partial charge on any atom is -0.428 e. The number of carbonyl (C=O) groups is 1. The summed E-state index contributed by atoms with van der Waals surface area (Å²) in [4.78, 5) is 18.1. The number of amides is 1. The highest BCUT2D eigenvalue weighted by Crippen LogP contribution is 2.38. The largest absolute Gasteiger partial charge is 0.428 e. The molecule has 1 fully saturated rings. The van der Waals surface area contributed by atoms with E-state index in [4.69, 9.17) is 9.68 Å². The Kier molecular flexibility index (Phi) is 6.31. The predicted molar refractivity (Wildman–Crippen MR) is 109 cm³/mol. The minimum absolute atomic E-state index is 0.0400. The molecule has 11 heteroatoms. The van der Waals surface area contributed by atoms with Gasteiger partial charge in [0.2, 0.25) is 15.9 Å². The number of halogens is 2. The van der Waals surface area contributed by atoms with Gasteiger partial charge in [0.25, 0.3) is 5.91 Å². The summed E-state index contributed by atoms with van der Waals surface area (Å²) in [6, 6.07) is 8.61. The van der Waals surface area contributed by atoms with Crippen molar-refractivity contribution in [3.8, 4) is 6.07 Å². The number of anilines is 2. The quantitative estimate of drug-likeness (QED) is 0.713. The van der Waals surface area contributed by atoms with Crippen molar-refractivity contribution in [2.75, 3.05) is 17.7 Å². The van der Waals surface area contributed by atoms with E-state index in [2.05, 4.69) is 4.98 Å². The Morgan fingerprint density at radius 3 is 2.48 bits per heavy atom. The third kappa shape index (κ3) is 5.79. The van der Waals surface area contributed by atoms with Crippen LogP contribution in [0, 0.1) is 24.2 Å². The van der Waals surface area contributed by atoms with Gasteiger partial charge in [-0.25, -0.2) is 21.9 Å². The maximum absolute atomic E-state index is 13.6. The zero-order valence-corrected chi connectivity index (χ0v) is 17.9. The number of oxazole rings is 1. The first-order valence-corrected chi connectivity index (χ1v) is 11.5. The average molecular weight is 452 g/mol. The van der Waals surface area contributed by atoms with Crippen LogP contribution in [0.4, 0.5) is 20.5 Å². The van der Waals surface area contributed by atoms with E-state index in [0.29, 0.717) is 30.6 Å². The highest BCUT2D eigenvalue weighted by Gasteiger charge is 2.36. The van der Waals surface area contributed by atoms with Crippen LogP contribution in [-0.4, -0.2) is 38.0 Å². The molecule has 1 heterocycles. The first-order valence-electron chi connectivity index (χ1n) is 9.62. The maximum Gasteiger partial charge on any atom is 0.302 e. The van der Waals surface area contributed by atoms with Gasteiger partial charge in [0.05, 0.1) is 17.9 Å². The molecule has 0 unspecified atom stereocenters. The van der Waals surface area contributed by atoms with Crippen molar-refractivity contribution in [3.05, 3.63) is 41.3 Å². The van der Waals surface area contributed by atoms with Crippen molar-refractivity contribution in [2.24, 2.45) is 5.92 Å². The first-order chi connectivity index (χ1) is 14.5. The number of nitrogens with zero attached hydrogens (tertiary/aromatic N) is 3. The lowest BCUT2D eigenvalue weighted by Crippen LogP contribution is -2.32. The van der Waals surface area contributed by atoms with Crippen LogP contribution in [0.5, 0.6) is 0 Å². The van der Waals surface area contributed by atoms with Gasteiger partial charge in [-0.1, -0.05) is 0 Å². The standard InChI is InChI=1S/C20H22F2N4O4S/c1-13-17(18(27)25-31(2,28)29)24-19(30-13)26(16-5-3-14(11-23)4-6-16)12-15-7-9-20(21,22)10-8-15/h3-6,15H,7-10,12H2,1-2H3,(H,25,27). The van der Waals surface area contributed by atoms with Crippen molar-refractivity contribution in [1.29, 1.82) is 5.26 Å². The number of sulfonamides is 1. The summed E-state index contributed by atoms with van der Waals surface area (Å²) in [6.45, 7) is 1.79. The molecule has 3 rings (SSSR count). The number of alkyl halides is 2. The smallest absolute Gasteiger partial charge is 0.302 e. The lowest BCUT2D eigenvalue weighted by Gasteiger charge is -2.32. The number of rotatable bonds is 6. The number of nitriles is 1.